The lowest BCUT2D eigenvalue weighted by Crippen LogP contribution is -2.33. The van der Waals surface area contributed by atoms with E-state index in [0.717, 1.165) is 0 Å². The third kappa shape index (κ3) is 6.32. The van der Waals surface area contributed by atoms with E-state index in [4.69, 9.17) is 32.7 Å². The molecule has 0 heterocycles. The average Bonchev–Trinajstić information content (AvgIpc) is 2.64. The number of nitrogens with zero attached hydrogens (tertiary/aromatic N) is 1. The highest BCUT2D eigenvalue weighted by Crippen LogP contribution is 2.28. The summed E-state index contributed by atoms with van der Waals surface area (Å²) in [5, 5.41) is 3.35. The smallest absolute Gasteiger partial charge is 0.419 e. The average molecular weight is 425 g/mol. The molecule has 0 fully saturated rings. The molecule has 0 unspecified atom stereocenters. The molecule has 2 aromatic carbocycles. The van der Waals surface area contributed by atoms with Gasteiger partial charge >= 0.3 is 12.2 Å². The third-order valence-corrected chi connectivity index (χ3v) is 4.32. The van der Waals surface area contributed by atoms with Crippen molar-refractivity contribution < 1.29 is 19.1 Å². The zero-order chi connectivity index (χ0) is 20.7. The standard InChI is InChI=1S/C20H22Cl2N2O4/c1-4-24(15-8-9-17(21)18(22)11-15)20(26)28-16-7-5-6-14(10-16)23-19(25)27-12-13(2)3/h5-11,13H,4,12H2,1-3H3,(H,23,25). The molecule has 0 aliphatic rings. The monoisotopic (exact) mass is 424 g/mol. The van der Waals surface area contributed by atoms with Crippen molar-refractivity contribution in [1.82, 2.24) is 0 Å². The second-order valence-corrected chi connectivity index (χ2v) is 7.17. The van der Waals surface area contributed by atoms with Gasteiger partial charge in [-0.05, 0) is 43.2 Å². The van der Waals surface area contributed by atoms with Crippen LogP contribution in [0, 0.1) is 5.92 Å². The van der Waals surface area contributed by atoms with Crippen molar-refractivity contribution in [2.75, 3.05) is 23.4 Å². The Bertz CT molecular complexity index is 843. The van der Waals surface area contributed by atoms with Gasteiger partial charge < -0.3 is 9.47 Å². The summed E-state index contributed by atoms with van der Waals surface area (Å²) in [7, 11) is 0. The van der Waals surface area contributed by atoms with Crippen molar-refractivity contribution >= 4 is 46.8 Å². The highest BCUT2D eigenvalue weighted by Gasteiger charge is 2.17. The number of amides is 2. The van der Waals surface area contributed by atoms with Crippen LogP contribution in [0.4, 0.5) is 21.0 Å². The molecular weight excluding hydrogens is 403 g/mol. The second kappa shape index (κ2) is 10.2. The number of halogens is 2. The number of rotatable bonds is 6. The van der Waals surface area contributed by atoms with Gasteiger partial charge in [-0.25, -0.2) is 9.59 Å². The van der Waals surface area contributed by atoms with Gasteiger partial charge in [-0.15, -0.1) is 0 Å². The minimum Gasteiger partial charge on any atom is -0.449 e. The molecule has 2 rings (SSSR count). The lowest BCUT2D eigenvalue weighted by Gasteiger charge is -2.21. The van der Waals surface area contributed by atoms with Crippen molar-refractivity contribution in [3.05, 3.63) is 52.5 Å². The molecule has 1 N–H and O–H groups in total. The van der Waals surface area contributed by atoms with E-state index in [1.807, 2.05) is 20.8 Å². The predicted octanol–water partition coefficient (Wildman–Crippen LogP) is 6.22. The fraction of sp³-hybridized carbons (Fsp3) is 0.300. The number of hydrogen-bond acceptors (Lipinski definition) is 4. The summed E-state index contributed by atoms with van der Waals surface area (Å²) in [5.74, 6) is 0.518. The van der Waals surface area contributed by atoms with Crippen LogP contribution in [0.5, 0.6) is 5.75 Å². The fourth-order valence-corrected chi connectivity index (χ4v) is 2.55. The van der Waals surface area contributed by atoms with Crippen LogP contribution in [0.1, 0.15) is 20.8 Å². The van der Waals surface area contributed by atoms with Crippen molar-refractivity contribution in [2.24, 2.45) is 5.92 Å². The minimum atomic E-state index is -0.583. The van der Waals surface area contributed by atoms with Crippen molar-refractivity contribution in [1.29, 1.82) is 0 Å². The van der Waals surface area contributed by atoms with Gasteiger partial charge in [-0.2, -0.15) is 0 Å². The van der Waals surface area contributed by atoms with E-state index in [1.54, 1.807) is 36.4 Å². The van der Waals surface area contributed by atoms with Crippen molar-refractivity contribution in [2.45, 2.75) is 20.8 Å². The summed E-state index contributed by atoms with van der Waals surface area (Å²) in [6.45, 7) is 6.39. The highest BCUT2D eigenvalue weighted by atomic mass is 35.5. The van der Waals surface area contributed by atoms with E-state index in [0.29, 0.717) is 34.6 Å². The van der Waals surface area contributed by atoms with Gasteiger partial charge in [-0.1, -0.05) is 43.1 Å². The van der Waals surface area contributed by atoms with Crippen LogP contribution in [-0.2, 0) is 4.74 Å². The maximum Gasteiger partial charge on any atom is 0.419 e. The number of anilines is 2. The maximum absolute atomic E-state index is 12.6. The molecule has 0 bridgehead atoms. The molecule has 0 saturated heterocycles. The SMILES string of the molecule is CCN(C(=O)Oc1cccc(NC(=O)OCC(C)C)c1)c1ccc(Cl)c(Cl)c1. The Morgan fingerprint density at radius 2 is 1.86 bits per heavy atom. The first kappa shape index (κ1) is 21.9. The number of ether oxygens (including phenoxy) is 2. The highest BCUT2D eigenvalue weighted by molar-refractivity contribution is 6.42. The van der Waals surface area contributed by atoms with E-state index in [-0.39, 0.29) is 11.7 Å². The molecule has 0 saturated carbocycles. The van der Waals surface area contributed by atoms with Gasteiger partial charge in [0.15, 0.2) is 0 Å². The molecule has 28 heavy (non-hydrogen) atoms. The first-order valence-electron chi connectivity index (χ1n) is 8.78. The molecule has 2 amide bonds. The molecule has 0 spiro atoms. The summed E-state index contributed by atoms with van der Waals surface area (Å²) < 4.78 is 10.5. The van der Waals surface area contributed by atoms with Crippen LogP contribution in [0.3, 0.4) is 0 Å². The fourth-order valence-electron chi connectivity index (χ4n) is 2.26. The normalized spacial score (nSPS) is 10.5. The van der Waals surface area contributed by atoms with Gasteiger partial charge in [0.25, 0.3) is 0 Å². The molecule has 0 aliphatic heterocycles. The Labute approximate surface area is 174 Å². The first-order valence-corrected chi connectivity index (χ1v) is 9.54. The summed E-state index contributed by atoms with van der Waals surface area (Å²) in [6, 6.07) is 11.4. The summed E-state index contributed by atoms with van der Waals surface area (Å²) in [5.41, 5.74) is 1.02. The van der Waals surface area contributed by atoms with Crippen LogP contribution in [0.25, 0.3) is 0 Å². The summed E-state index contributed by atoms with van der Waals surface area (Å²) in [6.07, 6.45) is -1.15. The molecule has 6 nitrogen and oxygen atoms in total. The molecule has 0 aliphatic carbocycles. The zero-order valence-electron chi connectivity index (χ0n) is 15.9. The van der Waals surface area contributed by atoms with Crippen LogP contribution < -0.4 is 15.0 Å². The Morgan fingerprint density at radius 1 is 1.11 bits per heavy atom. The van der Waals surface area contributed by atoms with Crippen LogP contribution >= 0.6 is 23.2 Å². The van der Waals surface area contributed by atoms with Crippen molar-refractivity contribution in [3.63, 3.8) is 0 Å². The zero-order valence-corrected chi connectivity index (χ0v) is 17.4. The second-order valence-electron chi connectivity index (χ2n) is 6.36. The number of hydrogen-bond donors (Lipinski definition) is 1. The van der Waals surface area contributed by atoms with Gasteiger partial charge in [0.05, 0.1) is 16.7 Å². The van der Waals surface area contributed by atoms with E-state index < -0.39 is 12.2 Å². The lowest BCUT2D eigenvalue weighted by molar-refractivity contribution is 0.147. The number of benzene rings is 2. The molecule has 150 valence electrons. The summed E-state index contributed by atoms with van der Waals surface area (Å²) >= 11 is 12.0. The van der Waals surface area contributed by atoms with Crippen LogP contribution in [-0.4, -0.2) is 25.3 Å². The van der Waals surface area contributed by atoms with Gasteiger partial charge in [-0.3, -0.25) is 10.2 Å². The molecule has 8 heteroatoms. The van der Waals surface area contributed by atoms with Crippen LogP contribution in [0.15, 0.2) is 42.5 Å². The lowest BCUT2D eigenvalue weighted by atomic mass is 10.2. The third-order valence-electron chi connectivity index (χ3n) is 3.58. The Balaban J connectivity index is 2.06. The number of nitrogens with one attached hydrogen (secondary N) is 1. The molecule has 0 atom stereocenters. The van der Waals surface area contributed by atoms with Gasteiger partial charge in [0.2, 0.25) is 0 Å². The first-order chi connectivity index (χ1) is 13.3. The Morgan fingerprint density at radius 3 is 2.50 bits per heavy atom. The maximum atomic E-state index is 12.6. The Kier molecular flexibility index (Phi) is 7.96. The minimum absolute atomic E-state index is 0.236. The summed E-state index contributed by atoms with van der Waals surface area (Å²) in [4.78, 5) is 25.8. The van der Waals surface area contributed by atoms with E-state index in [2.05, 4.69) is 5.32 Å². The predicted molar refractivity (Wildman–Crippen MR) is 112 cm³/mol. The molecule has 0 radical (unpaired) electrons. The molecule has 2 aromatic rings. The van der Waals surface area contributed by atoms with Gasteiger partial charge in [0, 0.05) is 24.0 Å². The number of carbonyl (C=O) groups excluding carboxylic acids is 2. The van der Waals surface area contributed by atoms with E-state index in [1.165, 1.54) is 11.0 Å². The quantitative estimate of drug-likeness (QED) is 0.596. The molecule has 0 aromatic heterocycles. The molecular formula is C20H22Cl2N2O4. The number of carbonyl (C=O) groups is 2. The van der Waals surface area contributed by atoms with Crippen molar-refractivity contribution in [3.8, 4) is 5.75 Å². The van der Waals surface area contributed by atoms with E-state index >= 15 is 0 Å². The van der Waals surface area contributed by atoms with Crippen LogP contribution in [0.2, 0.25) is 10.0 Å². The van der Waals surface area contributed by atoms with Gasteiger partial charge in [0.1, 0.15) is 5.75 Å². The topological polar surface area (TPSA) is 67.9 Å². The Hall–Kier alpha value is -2.44. The largest absolute Gasteiger partial charge is 0.449 e. The van der Waals surface area contributed by atoms with E-state index in [9.17, 15) is 9.59 Å².